The number of benzene rings is 1. The minimum atomic E-state index is -0.253. The molecule has 0 saturated heterocycles. The zero-order chi connectivity index (χ0) is 11.7. The van der Waals surface area contributed by atoms with Crippen LogP contribution in [-0.2, 0) is 7.05 Å². The number of aryl methyl sites for hydroxylation is 1. The van der Waals surface area contributed by atoms with Crippen LogP contribution in [0.3, 0.4) is 0 Å². The second kappa shape index (κ2) is 4.06. The lowest BCUT2D eigenvalue weighted by Crippen LogP contribution is -2.07. The summed E-state index contributed by atoms with van der Waals surface area (Å²) in [5, 5.41) is 4.29. The number of hydrogen-bond acceptors (Lipinski definition) is 2. The highest BCUT2D eigenvalue weighted by atomic mass is 19.1. The van der Waals surface area contributed by atoms with Crippen molar-refractivity contribution in [1.82, 2.24) is 9.78 Å². The molecule has 2 rings (SSSR count). The van der Waals surface area contributed by atoms with E-state index in [9.17, 15) is 4.39 Å². The zero-order valence-corrected chi connectivity index (χ0v) is 9.31. The minimum Gasteiger partial charge on any atom is -0.323 e. The molecule has 1 unspecified atom stereocenters. The predicted octanol–water partition coefficient (Wildman–Crippen LogP) is 2.25. The molecule has 16 heavy (non-hydrogen) atoms. The monoisotopic (exact) mass is 219 g/mol. The van der Waals surface area contributed by atoms with Crippen LogP contribution in [0.25, 0.3) is 11.1 Å². The number of nitrogens with zero attached hydrogens (tertiary/aromatic N) is 2. The number of halogens is 1. The second-order valence-corrected chi connectivity index (χ2v) is 3.90. The van der Waals surface area contributed by atoms with E-state index in [1.165, 1.54) is 12.1 Å². The van der Waals surface area contributed by atoms with Gasteiger partial charge in [-0.25, -0.2) is 4.39 Å². The topological polar surface area (TPSA) is 43.8 Å². The molecule has 1 aromatic heterocycles. The van der Waals surface area contributed by atoms with Crippen LogP contribution in [0.4, 0.5) is 4.39 Å². The van der Waals surface area contributed by atoms with E-state index in [1.54, 1.807) is 10.7 Å². The Morgan fingerprint density at radius 2 is 2.19 bits per heavy atom. The van der Waals surface area contributed by atoms with Crippen molar-refractivity contribution in [3.63, 3.8) is 0 Å². The SMILES string of the molecule is CC(N)c1nn(C)cc1-c1cccc(F)c1. The fourth-order valence-corrected chi connectivity index (χ4v) is 1.72. The van der Waals surface area contributed by atoms with Crippen LogP contribution >= 0.6 is 0 Å². The third-order valence-corrected chi connectivity index (χ3v) is 2.42. The zero-order valence-electron chi connectivity index (χ0n) is 9.31. The van der Waals surface area contributed by atoms with Gasteiger partial charge in [-0.2, -0.15) is 5.10 Å². The molecule has 0 bridgehead atoms. The predicted molar refractivity (Wildman–Crippen MR) is 61.2 cm³/mol. The Morgan fingerprint density at radius 3 is 2.81 bits per heavy atom. The largest absolute Gasteiger partial charge is 0.323 e. The molecule has 0 saturated carbocycles. The van der Waals surface area contributed by atoms with E-state index in [1.807, 2.05) is 26.2 Å². The first kappa shape index (κ1) is 10.8. The summed E-state index contributed by atoms with van der Waals surface area (Å²) in [6, 6.07) is 6.28. The van der Waals surface area contributed by atoms with Gasteiger partial charge in [-0.05, 0) is 24.6 Å². The molecule has 0 spiro atoms. The minimum absolute atomic E-state index is 0.167. The molecule has 2 aromatic rings. The molecule has 1 heterocycles. The maximum Gasteiger partial charge on any atom is 0.123 e. The van der Waals surface area contributed by atoms with Crippen molar-refractivity contribution in [3.8, 4) is 11.1 Å². The van der Waals surface area contributed by atoms with Crippen LogP contribution in [-0.4, -0.2) is 9.78 Å². The summed E-state index contributed by atoms with van der Waals surface area (Å²) in [7, 11) is 1.83. The maximum atomic E-state index is 13.1. The fourth-order valence-electron chi connectivity index (χ4n) is 1.72. The summed E-state index contributed by atoms with van der Waals surface area (Å²) in [5.74, 6) is -0.253. The van der Waals surface area contributed by atoms with E-state index < -0.39 is 0 Å². The van der Waals surface area contributed by atoms with Crippen LogP contribution < -0.4 is 5.73 Å². The van der Waals surface area contributed by atoms with Crippen LogP contribution in [0.15, 0.2) is 30.5 Å². The molecule has 2 N–H and O–H groups in total. The molecule has 0 fully saturated rings. The Hall–Kier alpha value is -1.68. The summed E-state index contributed by atoms with van der Waals surface area (Å²) in [4.78, 5) is 0. The normalized spacial score (nSPS) is 12.8. The lowest BCUT2D eigenvalue weighted by Gasteiger charge is -2.05. The molecule has 1 aromatic carbocycles. The van der Waals surface area contributed by atoms with Crippen molar-refractivity contribution >= 4 is 0 Å². The number of nitrogens with two attached hydrogens (primary N) is 1. The summed E-state index contributed by atoms with van der Waals surface area (Å²) in [6.07, 6.45) is 1.85. The highest BCUT2D eigenvalue weighted by Crippen LogP contribution is 2.26. The van der Waals surface area contributed by atoms with E-state index in [-0.39, 0.29) is 11.9 Å². The molecule has 4 heteroatoms. The first-order valence-electron chi connectivity index (χ1n) is 5.13. The molecular weight excluding hydrogens is 205 g/mol. The Labute approximate surface area is 93.7 Å². The van der Waals surface area contributed by atoms with Gasteiger partial charge in [0.2, 0.25) is 0 Å². The van der Waals surface area contributed by atoms with Crippen molar-refractivity contribution in [2.75, 3.05) is 0 Å². The smallest absolute Gasteiger partial charge is 0.123 e. The van der Waals surface area contributed by atoms with E-state index in [2.05, 4.69) is 5.10 Å². The molecule has 0 aliphatic rings. The van der Waals surface area contributed by atoms with Crippen LogP contribution in [0.1, 0.15) is 18.7 Å². The molecule has 0 aliphatic carbocycles. The van der Waals surface area contributed by atoms with Gasteiger partial charge in [0.15, 0.2) is 0 Å². The molecular formula is C12H14FN3. The molecule has 1 atom stereocenters. The first-order valence-corrected chi connectivity index (χ1v) is 5.13. The lowest BCUT2D eigenvalue weighted by atomic mass is 10.0. The van der Waals surface area contributed by atoms with E-state index >= 15 is 0 Å². The quantitative estimate of drug-likeness (QED) is 0.841. The van der Waals surface area contributed by atoms with E-state index in [4.69, 9.17) is 5.73 Å². The molecule has 3 nitrogen and oxygen atoms in total. The lowest BCUT2D eigenvalue weighted by molar-refractivity contribution is 0.628. The summed E-state index contributed by atoms with van der Waals surface area (Å²) in [5.41, 5.74) is 8.31. The van der Waals surface area contributed by atoms with Gasteiger partial charge >= 0.3 is 0 Å². The number of aromatic nitrogens is 2. The summed E-state index contributed by atoms with van der Waals surface area (Å²) < 4.78 is 14.8. The van der Waals surface area contributed by atoms with Gasteiger partial charge in [0.05, 0.1) is 5.69 Å². The van der Waals surface area contributed by atoms with Crippen molar-refractivity contribution in [1.29, 1.82) is 0 Å². The van der Waals surface area contributed by atoms with Crippen molar-refractivity contribution < 1.29 is 4.39 Å². The molecule has 0 amide bonds. The highest BCUT2D eigenvalue weighted by molar-refractivity contribution is 5.65. The van der Waals surface area contributed by atoms with Gasteiger partial charge in [-0.1, -0.05) is 12.1 Å². The number of rotatable bonds is 2. The Morgan fingerprint density at radius 1 is 1.44 bits per heavy atom. The Balaban J connectivity index is 2.55. The van der Waals surface area contributed by atoms with Crippen LogP contribution in [0.2, 0.25) is 0 Å². The van der Waals surface area contributed by atoms with Crippen molar-refractivity contribution in [3.05, 3.63) is 42.0 Å². The van der Waals surface area contributed by atoms with Gasteiger partial charge in [-0.15, -0.1) is 0 Å². The first-order chi connectivity index (χ1) is 7.58. The Kier molecular flexibility index (Phi) is 2.75. The van der Waals surface area contributed by atoms with Crippen LogP contribution in [0.5, 0.6) is 0 Å². The highest BCUT2D eigenvalue weighted by Gasteiger charge is 2.13. The van der Waals surface area contributed by atoms with Gasteiger partial charge in [-0.3, -0.25) is 4.68 Å². The molecule has 84 valence electrons. The van der Waals surface area contributed by atoms with Gasteiger partial charge in [0, 0.05) is 24.8 Å². The standard InChI is InChI=1S/C12H14FN3/c1-8(14)12-11(7-16(2)15-12)9-4-3-5-10(13)6-9/h3-8H,14H2,1-2H3. The van der Waals surface area contributed by atoms with Gasteiger partial charge in [0.1, 0.15) is 5.82 Å². The second-order valence-electron chi connectivity index (χ2n) is 3.90. The third kappa shape index (κ3) is 1.97. The van der Waals surface area contributed by atoms with E-state index in [0.717, 1.165) is 16.8 Å². The molecule has 0 radical (unpaired) electrons. The van der Waals surface area contributed by atoms with Crippen molar-refractivity contribution in [2.24, 2.45) is 12.8 Å². The number of hydrogen-bond donors (Lipinski definition) is 1. The summed E-state index contributed by atoms with van der Waals surface area (Å²) in [6.45, 7) is 1.87. The Bertz CT molecular complexity index is 503. The third-order valence-electron chi connectivity index (χ3n) is 2.42. The fraction of sp³-hybridized carbons (Fsp3) is 0.250. The maximum absolute atomic E-state index is 13.1. The average molecular weight is 219 g/mol. The van der Waals surface area contributed by atoms with Gasteiger partial charge < -0.3 is 5.73 Å². The van der Waals surface area contributed by atoms with Gasteiger partial charge in [0.25, 0.3) is 0 Å². The summed E-state index contributed by atoms with van der Waals surface area (Å²) >= 11 is 0. The van der Waals surface area contributed by atoms with Crippen molar-refractivity contribution in [2.45, 2.75) is 13.0 Å². The molecule has 0 aliphatic heterocycles. The van der Waals surface area contributed by atoms with Crippen LogP contribution in [0, 0.1) is 5.82 Å². The average Bonchev–Trinajstić information content (AvgIpc) is 2.60. The van der Waals surface area contributed by atoms with E-state index in [0.29, 0.717) is 0 Å².